The van der Waals surface area contributed by atoms with Crippen molar-refractivity contribution in [2.45, 2.75) is 13.8 Å². The fourth-order valence-corrected chi connectivity index (χ4v) is 1.77. The van der Waals surface area contributed by atoms with Gasteiger partial charge in [-0.1, -0.05) is 35.3 Å². The van der Waals surface area contributed by atoms with Gasteiger partial charge in [-0.15, -0.1) is 0 Å². The van der Waals surface area contributed by atoms with Crippen LogP contribution in [-0.2, 0) is 0 Å². The Labute approximate surface area is 111 Å². The second-order valence-electron chi connectivity index (χ2n) is 3.95. The third-order valence-corrected chi connectivity index (χ3v) is 3.20. The molecule has 0 bridgehead atoms. The Hall–Kier alpha value is -1.18. The zero-order chi connectivity index (χ0) is 12.4. The van der Waals surface area contributed by atoms with Crippen LogP contribution in [0.2, 0.25) is 10.0 Å². The SMILES string of the molecule is Cc1ccc(C)c(Oc2ccc(Cl)c(Cl)c2)c1. The van der Waals surface area contributed by atoms with Gasteiger partial charge in [-0.25, -0.2) is 0 Å². The van der Waals surface area contributed by atoms with E-state index in [2.05, 4.69) is 6.07 Å². The monoisotopic (exact) mass is 266 g/mol. The molecule has 0 saturated carbocycles. The normalized spacial score (nSPS) is 10.4. The van der Waals surface area contributed by atoms with Gasteiger partial charge in [0.2, 0.25) is 0 Å². The van der Waals surface area contributed by atoms with E-state index in [1.54, 1.807) is 18.2 Å². The van der Waals surface area contributed by atoms with Crippen molar-refractivity contribution < 1.29 is 4.74 Å². The predicted octanol–water partition coefficient (Wildman–Crippen LogP) is 5.40. The highest BCUT2D eigenvalue weighted by atomic mass is 35.5. The summed E-state index contributed by atoms with van der Waals surface area (Å²) in [7, 11) is 0. The van der Waals surface area contributed by atoms with Crippen LogP contribution in [-0.4, -0.2) is 0 Å². The van der Waals surface area contributed by atoms with Gasteiger partial charge in [-0.3, -0.25) is 0 Å². The first-order valence-corrected chi connectivity index (χ1v) is 6.02. The number of ether oxygens (including phenoxy) is 1. The maximum absolute atomic E-state index is 5.94. The van der Waals surface area contributed by atoms with Gasteiger partial charge >= 0.3 is 0 Å². The van der Waals surface area contributed by atoms with Crippen molar-refractivity contribution in [1.29, 1.82) is 0 Å². The Morgan fingerprint density at radius 3 is 2.35 bits per heavy atom. The molecule has 0 aliphatic carbocycles. The molecule has 0 heterocycles. The number of benzene rings is 2. The Kier molecular flexibility index (Phi) is 3.60. The molecular formula is C14H12Cl2O. The van der Waals surface area contributed by atoms with Gasteiger partial charge in [-0.05, 0) is 43.2 Å². The van der Waals surface area contributed by atoms with Gasteiger partial charge in [0.15, 0.2) is 0 Å². The Balaban J connectivity index is 2.31. The number of aryl methyl sites for hydroxylation is 2. The highest BCUT2D eigenvalue weighted by Crippen LogP contribution is 2.31. The molecule has 88 valence electrons. The summed E-state index contributed by atoms with van der Waals surface area (Å²) in [5.74, 6) is 1.52. The van der Waals surface area contributed by atoms with Gasteiger partial charge in [0.25, 0.3) is 0 Å². The number of halogens is 2. The van der Waals surface area contributed by atoms with Crippen LogP contribution in [0.25, 0.3) is 0 Å². The highest BCUT2D eigenvalue weighted by molar-refractivity contribution is 6.42. The molecule has 0 aromatic heterocycles. The quantitative estimate of drug-likeness (QED) is 0.707. The summed E-state index contributed by atoms with van der Waals surface area (Å²) in [6, 6.07) is 11.3. The lowest BCUT2D eigenvalue weighted by atomic mass is 10.1. The van der Waals surface area contributed by atoms with Crippen LogP contribution in [0.4, 0.5) is 0 Å². The van der Waals surface area contributed by atoms with Crippen LogP contribution in [0, 0.1) is 13.8 Å². The Morgan fingerprint density at radius 2 is 1.65 bits per heavy atom. The molecule has 0 unspecified atom stereocenters. The van der Waals surface area contributed by atoms with E-state index in [1.807, 2.05) is 26.0 Å². The van der Waals surface area contributed by atoms with Crippen LogP contribution in [0.3, 0.4) is 0 Å². The number of hydrogen-bond donors (Lipinski definition) is 0. The van der Waals surface area contributed by atoms with E-state index in [1.165, 1.54) is 0 Å². The minimum absolute atomic E-state index is 0.495. The van der Waals surface area contributed by atoms with Crippen LogP contribution < -0.4 is 4.74 Å². The Bertz CT molecular complexity index is 550. The predicted molar refractivity (Wildman–Crippen MR) is 72.5 cm³/mol. The van der Waals surface area contributed by atoms with Crippen LogP contribution in [0.15, 0.2) is 36.4 Å². The third-order valence-electron chi connectivity index (χ3n) is 2.46. The van der Waals surface area contributed by atoms with E-state index in [9.17, 15) is 0 Å². The second-order valence-corrected chi connectivity index (χ2v) is 4.76. The van der Waals surface area contributed by atoms with Crippen molar-refractivity contribution in [2.75, 3.05) is 0 Å². The molecular weight excluding hydrogens is 255 g/mol. The maximum Gasteiger partial charge on any atom is 0.130 e. The van der Waals surface area contributed by atoms with Crippen LogP contribution in [0.1, 0.15) is 11.1 Å². The van der Waals surface area contributed by atoms with Crippen molar-refractivity contribution >= 4 is 23.2 Å². The van der Waals surface area contributed by atoms with E-state index in [0.29, 0.717) is 15.8 Å². The Morgan fingerprint density at radius 1 is 0.882 bits per heavy atom. The average molecular weight is 267 g/mol. The summed E-state index contributed by atoms with van der Waals surface area (Å²) < 4.78 is 5.78. The van der Waals surface area contributed by atoms with E-state index in [4.69, 9.17) is 27.9 Å². The molecule has 0 saturated heterocycles. The molecule has 2 aromatic carbocycles. The van der Waals surface area contributed by atoms with Crippen molar-refractivity contribution in [2.24, 2.45) is 0 Å². The van der Waals surface area contributed by atoms with Crippen molar-refractivity contribution in [1.82, 2.24) is 0 Å². The largest absolute Gasteiger partial charge is 0.457 e. The molecule has 2 rings (SSSR count). The standard InChI is InChI=1S/C14H12Cl2O/c1-9-3-4-10(2)14(7-9)17-11-5-6-12(15)13(16)8-11/h3-8H,1-2H3. The molecule has 2 aromatic rings. The van der Waals surface area contributed by atoms with Gasteiger partial charge in [0, 0.05) is 6.07 Å². The molecule has 0 fully saturated rings. The fourth-order valence-electron chi connectivity index (χ4n) is 1.48. The molecule has 0 spiro atoms. The molecule has 1 nitrogen and oxygen atoms in total. The number of rotatable bonds is 2. The van der Waals surface area contributed by atoms with Crippen molar-refractivity contribution in [3.05, 3.63) is 57.6 Å². The zero-order valence-electron chi connectivity index (χ0n) is 9.63. The van der Waals surface area contributed by atoms with E-state index >= 15 is 0 Å². The molecule has 0 N–H and O–H groups in total. The molecule has 0 aliphatic rings. The maximum atomic E-state index is 5.94. The molecule has 0 amide bonds. The van der Waals surface area contributed by atoms with Gasteiger partial charge in [0.05, 0.1) is 10.0 Å². The summed E-state index contributed by atoms with van der Waals surface area (Å²) in [5.41, 5.74) is 2.24. The minimum Gasteiger partial charge on any atom is -0.457 e. The van der Waals surface area contributed by atoms with Crippen LogP contribution >= 0.6 is 23.2 Å². The fraction of sp³-hybridized carbons (Fsp3) is 0.143. The lowest BCUT2D eigenvalue weighted by molar-refractivity contribution is 0.478. The lowest BCUT2D eigenvalue weighted by Crippen LogP contribution is -1.88. The highest BCUT2D eigenvalue weighted by Gasteiger charge is 2.04. The van der Waals surface area contributed by atoms with Gasteiger partial charge in [0.1, 0.15) is 11.5 Å². The first-order chi connectivity index (χ1) is 8.06. The summed E-state index contributed by atoms with van der Waals surface area (Å²) in [4.78, 5) is 0. The van der Waals surface area contributed by atoms with Crippen molar-refractivity contribution in [3.63, 3.8) is 0 Å². The molecule has 0 radical (unpaired) electrons. The molecule has 17 heavy (non-hydrogen) atoms. The topological polar surface area (TPSA) is 9.23 Å². The first kappa shape index (κ1) is 12.3. The smallest absolute Gasteiger partial charge is 0.130 e. The third kappa shape index (κ3) is 2.93. The minimum atomic E-state index is 0.495. The summed E-state index contributed by atoms with van der Waals surface area (Å²) >= 11 is 11.8. The molecule has 0 atom stereocenters. The van der Waals surface area contributed by atoms with Gasteiger partial charge < -0.3 is 4.74 Å². The summed E-state index contributed by atoms with van der Waals surface area (Å²) in [5, 5.41) is 1.02. The van der Waals surface area contributed by atoms with E-state index in [0.717, 1.165) is 16.9 Å². The van der Waals surface area contributed by atoms with Crippen LogP contribution in [0.5, 0.6) is 11.5 Å². The van der Waals surface area contributed by atoms with Crippen molar-refractivity contribution in [3.8, 4) is 11.5 Å². The van der Waals surface area contributed by atoms with Gasteiger partial charge in [-0.2, -0.15) is 0 Å². The van der Waals surface area contributed by atoms with E-state index in [-0.39, 0.29) is 0 Å². The molecule has 0 aliphatic heterocycles. The zero-order valence-corrected chi connectivity index (χ0v) is 11.1. The summed E-state index contributed by atoms with van der Waals surface area (Å²) in [6.07, 6.45) is 0. The average Bonchev–Trinajstić information content (AvgIpc) is 2.29. The second kappa shape index (κ2) is 4.99. The lowest BCUT2D eigenvalue weighted by Gasteiger charge is -2.10. The molecule has 3 heteroatoms. The first-order valence-electron chi connectivity index (χ1n) is 5.26. The summed E-state index contributed by atoms with van der Waals surface area (Å²) in [6.45, 7) is 4.04. The number of hydrogen-bond acceptors (Lipinski definition) is 1. The van der Waals surface area contributed by atoms with E-state index < -0.39 is 0 Å².